The van der Waals surface area contributed by atoms with Gasteiger partial charge in [-0.25, -0.2) is 0 Å². The van der Waals surface area contributed by atoms with Gasteiger partial charge in [0, 0.05) is 47.0 Å². The van der Waals surface area contributed by atoms with Crippen molar-refractivity contribution >= 4 is 28.2 Å². The molecule has 2 aromatic heterocycles. The van der Waals surface area contributed by atoms with E-state index in [0.29, 0.717) is 0 Å². The van der Waals surface area contributed by atoms with Crippen LogP contribution in [-0.2, 0) is 7.05 Å². The molecule has 4 nitrogen and oxygen atoms in total. The summed E-state index contributed by atoms with van der Waals surface area (Å²) in [5.41, 5.74) is 6.75. The standard InChI is InChI=1S/C13H12N4S/c1-17-8-9(6-16-17)18-13-3-2-12(14)10-4-5-15-7-11(10)13/h2-8H,14H2,1H3. The molecular weight excluding hydrogens is 244 g/mol. The van der Waals surface area contributed by atoms with Gasteiger partial charge in [0.1, 0.15) is 0 Å². The van der Waals surface area contributed by atoms with Gasteiger partial charge in [0.05, 0.1) is 11.1 Å². The van der Waals surface area contributed by atoms with Crippen LogP contribution in [0.3, 0.4) is 0 Å². The number of anilines is 1. The summed E-state index contributed by atoms with van der Waals surface area (Å²) in [6.07, 6.45) is 7.45. The van der Waals surface area contributed by atoms with Gasteiger partial charge in [-0.2, -0.15) is 5.10 Å². The number of benzene rings is 1. The van der Waals surface area contributed by atoms with Crippen molar-refractivity contribution in [2.75, 3.05) is 5.73 Å². The smallest absolute Gasteiger partial charge is 0.0629 e. The van der Waals surface area contributed by atoms with Gasteiger partial charge in [0.25, 0.3) is 0 Å². The van der Waals surface area contributed by atoms with Gasteiger partial charge in [0.2, 0.25) is 0 Å². The third kappa shape index (κ3) is 1.93. The van der Waals surface area contributed by atoms with Crippen LogP contribution in [0.4, 0.5) is 5.69 Å². The summed E-state index contributed by atoms with van der Waals surface area (Å²) in [6, 6.07) is 5.90. The van der Waals surface area contributed by atoms with Crippen molar-refractivity contribution in [3.8, 4) is 0 Å². The maximum Gasteiger partial charge on any atom is 0.0629 e. The largest absolute Gasteiger partial charge is 0.398 e. The van der Waals surface area contributed by atoms with Crippen LogP contribution in [0.2, 0.25) is 0 Å². The van der Waals surface area contributed by atoms with E-state index in [0.717, 1.165) is 26.3 Å². The Kier molecular flexibility index (Phi) is 2.68. The molecular formula is C13H12N4S. The molecule has 90 valence electrons. The highest BCUT2D eigenvalue weighted by Crippen LogP contribution is 2.34. The quantitative estimate of drug-likeness (QED) is 0.716. The highest BCUT2D eigenvalue weighted by Gasteiger charge is 2.06. The van der Waals surface area contributed by atoms with Crippen LogP contribution in [0.1, 0.15) is 0 Å². The number of fused-ring (bicyclic) bond motifs is 1. The van der Waals surface area contributed by atoms with Crippen molar-refractivity contribution in [2.45, 2.75) is 9.79 Å². The van der Waals surface area contributed by atoms with Crippen LogP contribution in [-0.4, -0.2) is 14.8 Å². The van der Waals surface area contributed by atoms with E-state index in [4.69, 9.17) is 5.73 Å². The first-order valence-corrected chi connectivity index (χ1v) is 6.34. The topological polar surface area (TPSA) is 56.7 Å². The molecule has 1 aromatic carbocycles. The fourth-order valence-electron chi connectivity index (χ4n) is 1.86. The van der Waals surface area contributed by atoms with E-state index >= 15 is 0 Å². The Morgan fingerprint density at radius 1 is 1.17 bits per heavy atom. The van der Waals surface area contributed by atoms with Gasteiger partial charge in [-0.1, -0.05) is 11.8 Å². The van der Waals surface area contributed by atoms with Gasteiger partial charge in [-0.3, -0.25) is 9.67 Å². The first kappa shape index (κ1) is 11.1. The summed E-state index contributed by atoms with van der Waals surface area (Å²) < 4.78 is 1.79. The summed E-state index contributed by atoms with van der Waals surface area (Å²) in [7, 11) is 1.91. The predicted octanol–water partition coefficient (Wildman–Crippen LogP) is 2.70. The fourth-order valence-corrected chi connectivity index (χ4v) is 2.82. The zero-order valence-electron chi connectivity index (χ0n) is 9.87. The average Bonchev–Trinajstić information content (AvgIpc) is 2.79. The molecule has 0 aliphatic rings. The van der Waals surface area contributed by atoms with Gasteiger partial charge < -0.3 is 5.73 Å². The van der Waals surface area contributed by atoms with E-state index in [2.05, 4.69) is 10.1 Å². The summed E-state index contributed by atoms with van der Waals surface area (Å²) in [5, 5.41) is 6.28. The van der Waals surface area contributed by atoms with Crippen LogP contribution < -0.4 is 5.73 Å². The molecule has 2 N–H and O–H groups in total. The Labute approximate surface area is 109 Å². The van der Waals surface area contributed by atoms with Crippen molar-refractivity contribution in [3.05, 3.63) is 43.0 Å². The lowest BCUT2D eigenvalue weighted by atomic mass is 10.1. The second-order valence-corrected chi connectivity index (χ2v) is 5.14. The molecule has 0 fully saturated rings. The number of aryl methyl sites for hydroxylation is 1. The molecule has 5 heteroatoms. The van der Waals surface area contributed by atoms with E-state index < -0.39 is 0 Å². The van der Waals surface area contributed by atoms with Crippen LogP contribution in [0.5, 0.6) is 0 Å². The number of nitrogens with zero attached hydrogens (tertiary/aromatic N) is 3. The molecule has 0 bridgehead atoms. The number of pyridine rings is 1. The Morgan fingerprint density at radius 2 is 2.06 bits per heavy atom. The third-order valence-electron chi connectivity index (χ3n) is 2.72. The Balaban J connectivity index is 2.09. The summed E-state index contributed by atoms with van der Waals surface area (Å²) >= 11 is 1.67. The molecule has 0 spiro atoms. The normalized spacial score (nSPS) is 10.9. The van der Waals surface area contributed by atoms with Crippen LogP contribution in [0.15, 0.2) is 52.8 Å². The molecule has 0 aliphatic heterocycles. The molecule has 0 saturated carbocycles. The summed E-state index contributed by atoms with van der Waals surface area (Å²) in [6.45, 7) is 0. The van der Waals surface area contributed by atoms with E-state index in [1.165, 1.54) is 0 Å². The summed E-state index contributed by atoms with van der Waals surface area (Å²) in [5.74, 6) is 0. The zero-order valence-corrected chi connectivity index (χ0v) is 10.7. The van der Waals surface area contributed by atoms with Gasteiger partial charge in [0.15, 0.2) is 0 Å². The van der Waals surface area contributed by atoms with Crippen molar-refractivity contribution in [2.24, 2.45) is 7.05 Å². The van der Waals surface area contributed by atoms with Crippen LogP contribution in [0.25, 0.3) is 10.8 Å². The van der Waals surface area contributed by atoms with Crippen LogP contribution >= 0.6 is 11.8 Å². The summed E-state index contributed by atoms with van der Waals surface area (Å²) in [4.78, 5) is 6.42. The highest BCUT2D eigenvalue weighted by atomic mass is 32.2. The lowest BCUT2D eigenvalue weighted by molar-refractivity contribution is 0.766. The van der Waals surface area contributed by atoms with E-state index in [-0.39, 0.29) is 0 Å². The van der Waals surface area contributed by atoms with E-state index in [1.54, 1.807) is 22.6 Å². The molecule has 3 aromatic rings. The molecule has 0 aliphatic carbocycles. The molecule has 2 heterocycles. The first-order valence-electron chi connectivity index (χ1n) is 5.53. The van der Waals surface area contributed by atoms with Crippen molar-refractivity contribution in [1.29, 1.82) is 0 Å². The Bertz CT molecular complexity index is 705. The number of aromatic nitrogens is 3. The van der Waals surface area contributed by atoms with E-state index in [9.17, 15) is 0 Å². The van der Waals surface area contributed by atoms with Gasteiger partial charge in [-0.15, -0.1) is 0 Å². The van der Waals surface area contributed by atoms with Gasteiger partial charge >= 0.3 is 0 Å². The van der Waals surface area contributed by atoms with Gasteiger partial charge in [-0.05, 0) is 18.2 Å². The third-order valence-corrected chi connectivity index (χ3v) is 3.74. The molecule has 18 heavy (non-hydrogen) atoms. The second kappa shape index (κ2) is 4.34. The first-order chi connectivity index (χ1) is 8.74. The molecule has 0 atom stereocenters. The SMILES string of the molecule is Cn1cc(Sc2ccc(N)c3ccncc23)cn1. The minimum atomic E-state index is 0.780. The molecule has 3 rings (SSSR count). The lowest BCUT2D eigenvalue weighted by Crippen LogP contribution is -1.88. The average molecular weight is 256 g/mol. The predicted molar refractivity (Wildman–Crippen MR) is 73.5 cm³/mol. The molecule has 0 saturated heterocycles. The Morgan fingerprint density at radius 3 is 2.83 bits per heavy atom. The number of hydrogen-bond donors (Lipinski definition) is 1. The van der Waals surface area contributed by atoms with Crippen molar-refractivity contribution in [1.82, 2.24) is 14.8 Å². The minimum absolute atomic E-state index is 0.780. The number of rotatable bonds is 2. The number of nitrogens with two attached hydrogens (primary N) is 1. The fraction of sp³-hybridized carbons (Fsp3) is 0.0769. The van der Waals surface area contributed by atoms with Crippen molar-refractivity contribution in [3.63, 3.8) is 0 Å². The highest BCUT2D eigenvalue weighted by molar-refractivity contribution is 7.99. The van der Waals surface area contributed by atoms with Crippen LogP contribution in [0, 0.1) is 0 Å². The molecule has 0 radical (unpaired) electrons. The molecule has 0 amide bonds. The van der Waals surface area contributed by atoms with E-state index in [1.807, 2.05) is 43.8 Å². The van der Waals surface area contributed by atoms with Crippen molar-refractivity contribution < 1.29 is 0 Å². The molecule has 0 unspecified atom stereocenters. The minimum Gasteiger partial charge on any atom is -0.398 e. The second-order valence-electron chi connectivity index (χ2n) is 4.03. The maximum atomic E-state index is 5.97. The lowest BCUT2D eigenvalue weighted by Gasteiger charge is -2.06. The monoisotopic (exact) mass is 256 g/mol. The zero-order chi connectivity index (χ0) is 12.5. The maximum absolute atomic E-state index is 5.97. The Hall–Kier alpha value is -2.01. The number of nitrogen functional groups attached to an aromatic ring is 1. The number of hydrogen-bond acceptors (Lipinski definition) is 4.